The molecule has 2 aromatic rings. The Hall–Kier alpha value is -2.14. The second-order valence-electron chi connectivity index (χ2n) is 10.3. The lowest BCUT2D eigenvalue weighted by molar-refractivity contribution is -0.134. The van der Waals surface area contributed by atoms with E-state index in [4.69, 9.17) is 4.74 Å². The maximum absolute atomic E-state index is 13.0. The molecule has 2 aliphatic carbocycles. The summed E-state index contributed by atoms with van der Waals surface area (Å²) in [6.45, 7) is 3.07. The number of amides is 1. The van der Waals surface area contributed by atoms with E-state index in [2.05, 4.69) is 25.4 Å². The van der Waals surface area contributed by atoms with E-state index in [-0.39, 0.29) is 31.2 Å². The number of aromatic nitrogens is 4. The number of nitrogens with zero attached hydrogens (tertiary/aromatic N) is 5. The number of aryl methyl sites for hydroxylation is 1. The lowest BCUT2D eigenvalue weighted by atomic mass is 9.84. The number of halogens is 2. The Balaban J connectivity index is 0.987. The molecule has 3 heterocycles. The number of carbonyl (C=O) groups excluding carboxylic acids is 1. The van der Waals surface area contributed by atoms with Crippen LogP contribution in [0.4, 0.5) is 8.78 Å². The summed E-state index contributed by atoms with van der Waals surface area (Å²) >= 11 is 1.53. The van der Waals surface area contributed by atoms with Gasteiger partial charge in [0.25, 0.3) is 11.1 Å². The normalized spacial score (nSPS) is 24.9. The van der Waals surface area contributed by atoms with Crippen molar-refractivity contribution in [3.63, 3.8) is 0 Å². The zero-order valence-electron chi connectivity index (χ0n) is 20.2. The summed E-state index contributed by atoms with van der Waals surface area (Å²) in [6.07, 6.45) is 8.55. The number of thiazole rings is 1. The molecule has 0 aromatic carbocycles. The third-order valence-electron chi connectivity index (χ3n) is 7.45. The number of rotatable bonds is 8. The standard InChI is InChI=1S/C24H34F2N6O2S/c1-31-27-15-18(30-31)12-22(33)28-17-4-2-16(3-5-17)6-9-32-10-7-20-21(8-11-32)35-23(29-20)34-19-13-24(25,26)14-19/h15-17,19H,2-14H2,1H3,(H,28,33). The summed E-state index contributed by atoms with van der Waals surface area (Å²) in [5.74, 6) is -1.83. The zero-order chi connectivity index (χ0) is 24.4. The molecule has 1 N–H and O–H groups in total. The fraction of sp³-hybridized carbons (Fsp3) is 0.750. The van der Waals surface area contributed by atoms with Crippen molar-refractivity contribution in [1.82, 2.24) is 30.2 Å². The highest BCUT2D eigenvalue weighted by molar-refractivity contribution is 7.13. The number of nitrogens with one attached hydrogen (secondary N) is 1. The van der Waals surface area contributed by atoms with Crippen molar-refractivity contribution in [1.29, 1.82) is 0 Å². The van der Waals surface area contributed by atoms with Crippen LogP contribution in [0.5, 0.6) is 5.19 Å². The first-order chi connectivity index (χ1) is 16.8. The molecule has 11 heteroatoms. The molecular weight excluding hydrogens is 474 g/mol. The zero-order valence-corrected chi connectivity index (χ0v) is 21.0. The smallest absolute Gasteiger partial charge is 0.273 e. The summed E-state index contributed by atoms with van der Waals surface area (Å²) in [6, 6.07) is 0.262. The van der Waals surface area contributed by atoms with Crippen LogP contribution in [0.15, 0.2) is 6.20 Å². The van der Waals surface area contributed by atoms with Crippen LogP contribution in [0.25, 0.3) is 0 Å². The molecule has 2 saturated carbocycles. The number of carbonyl (C=O) groups is 1. The highest BCUT2D eigenvalue weighted by Gasteiger charge is 2.47. The summed E-state index contributed by atoms with van der Waals surface area (Å²) in [5.41, 5.74) is 1.78. The Morgan fingerprint density at radius 2 is 2.00 bits per heavy atom. The molecule has 0 spiro atoms. The minimum absolute atomic E-state index is 0.0266. The Bertz CT molecular complexity index is 986. The predicted molar refractivity (Wildman–Crippen MR) is 128 cm³/mol. The van der Waals surface area contributed by atoms with Crippen molar-refractivity contribution < 1.29 is 18.3 Å². The molecule has 0 saturated heterocycles. The minimum Gasteiger partial charge on any atom is -0.466 e. The third-order valence-corrected chi connectivity index (χ3v) is 8.50. The Morgan fingerprint density at radius 3 is 2.71 bits per heavy atom. The van der Waals surface area contributed by atoms with Crippen molar-refractivity contribution in [2.24, 2.45) is 13.0 Å². The SMILES string of the molecule is Cn1ncc(CC(=O)NC2CCC(CCN3CCc4nc(OC5CC(F)(F)C5)sc4CC3)CC2)n1. The van der Waals surface area contributed by atoms with Gasteiger partial charge in [-0.05, 0) is 51.0 Å². The molecule has 0 radical (unpaired) electrons. The van der Waals surface area contributed by atoms with Gasteiger partial charge in [-0.15, -0.1) is 0 Å². The van der Waals surface area contributed by atoms with Crippen LogP contribution in [0.2, 0.25) is 0 Å². The first-order valence-electron chi connectivity index (χ1n) is 12.7. The van der Waals surface area contributed by atoms with Gasteiger partial charge in [0.2, 0.25) is 5.91 Å². The van der Waals surface area contributed by atoms with E-state index in [0.29, 0.717) is 16.8 Å². The topological polar surface area (TPSA) is 85.2 Å². The number of hydrogen-bond acceptors (Lipinski definition) is 7. The van der Waals surface area contributed by atoms with Gasteiger partial charge in [0, 0.05) is 50.3 Å². The molecular formula is C24H34F2N6O2S. The molecule has 0 atom stereocenters. The van der Waals surface area contributed by atoms with Crippen LogP contribution in [0.1, 0.15) is 61.2 Å². The van der Waals surface area contributed by atoms with Crippen LogP contribution in [0, 0.1) is 5.92 Å². The van der Waals surface area contributed by atoms with E-state index in [9.17, 15) is 13.6 Å². The van der Waals surface area contributed by atoms with Crippen LogP contribution in [-0.2, 0) is 31.1 Å². The third kappa shape index (κ3) is 6.55. The molecule has 35 heavy (non-hydrogen) atoms. The number of hydrogen-bond donors (Lipinski definition) is 1. The fourth-order valence-corrected chi connectivity index (χ4v) is 6.37. The van der Waals surface area contributed by atoms with Crippen LogP contribution in [-0.4, -0.2) is 68.5 Å². The summed E-state index contributed by atoms with van der Waals surface area (Å²) in [7, 11) is 1.75. The van der Waals surface area contributed by atoms with E-state index in [1.165, 1.54) is 27.4 Å². The molecule has 2 fully saturated rings. The number of alkyl halides is 2. The van der Waals surface area contributed by atoms with Gasteiger partial charge in [0.15, 0.2) is 0 Å². The maximum atomic E-state index is 13.0. The lowest BCUT2D eigenvalue weighted by Gasteiger charge is -2.33. The summed E-state index contributed by atoms with van der Waals surface area (Å²) < 4.78 is 31.8. The monoisotopic (exact) mass is 508 g/mol. The summed E-state index contributed by atoms with van der Waals surface area (Å²) in [4.78, 5) is 22.1. The van der Waals surface area contributed by atoms with Crippen molar-refractivity contribution in [3.8, 4) is 5.19 Å². The predicted octanol–water partition coefficient (Wildman–Crippen LogP) is 3.16. The summed E-state index contributed by atoms with van der Waals surface area (Å²) in [5, 5.41) is 11.9. The molecule has 1 aliphatic heterocycles. The number of fused-ring (bicyclic) bond motifs is 1. The average molecular weight is 509 g/mol. The molecule has 3 aliphatic rings. The van der Waals surface area contributed by atoms with Gasteiger partial charge in [-0.3, -0.25) is 4.79 Å². The first-order valence-corrected chi connectivity index (χ1v) is 13.5. The Kier molecular flexibility index (Phi) is 7.34. The molecule has 0 unspecified atom stereocenters. The quantitative estimate of drug-likeness (QED) is 0.590. The lowest BCUT2D eigenvalue weighted by Crippen LogP contribution is -2.43. The second-order valence-corrected chi connectivity index (χ2v) is 11.3. The minimum atomic E-state index is -2.56. The highest BCUT2D eigenvalue weighted by atomic mass is 32.1. The average Bonchev–Trinajstić information content (AvgIpc) is 3.32. The van der Waals surface area contributed by atoms with Gasteiger partial charge in [-0.1, -0.05) is 11.3 Å². The van der Waals surface area contributed by atoms with Gasteiger partial charge in [0.1, 0.15) is 6.10 Å². The van der Waals surface area contributed by atoms with Crippen molar-refractivity contribution >= 4 is 17.2 Å². The van der Waals surface area contributed by atoms with E-state index < -0.39 is 12.0 Å². The van der Waals surface area contributed by atoms with Gasteiger partial charge in [0.05, 0.1) is 24.0 Å². The number of ether oxygens (including phenoxy) is 1. The first kappa shape index (κ1) is 24.5. The molecule has 2 aromatic heterocycles. The molecule has 8 nitrogen and oxygen atoms in total. The van der Waals surface area contributed by atoms with Crippen LogP contribution < -0.4 is 10.1 Å². The van der Waals surface area contributed by atoms with Gasteiger partial charge in [-0.2, -0.15) is 15.0 Å². The van der Waals surface area contributed by atoms with Crippen molar-refractivity contribution in [2.45, 2.75) is 82.3 Å². The van der Waals surface area contributed by atoms with E-state index >= 15 is 0 Å². The maximum Gasteiger partial charge on any atom is 0.273 e. The molecule has 1 amide bonds. The molecule has 192 valence electrons. The fourth-order valence-electron chi connectivity index (χ4n) is 5.36. The Labute approximate surface area is 208 Å². The Morgan fingerprint density at radius 1 is 1.23 bits per heavy atom. The van der Waals surface area contributed by atoms with E-state index in [0.717, 1.165) is 63.9 Å². The van der Waals surface area contributed by atoms with Crippen molar-refractivity contribution in [3.05, 3.63) is 22.5 Å². The largest absolute Gasteiger partial charge is 0.466 e. The molecule has 5 rings (SSSR count). The van der Waals surface area contributed by atoms with E-state index in [1.807, 2.05) is 0 Å². The van der Waals surface area contributed by atoms with Crippen LogP contribution >= 0.6 is 11.3 Å². The second kappa shape index (κ2) is 10.5. The molecule has 0 bridgehead atoms. The van der Waals surface area contributed by atoms with E-state index in [1.54, 1.807) is 13.2 Å². The van der Waals surface area contributed by atoms with Crippen LogP contribution in [0.3, 0.4) is 0 Å². The van der Waals surface area contributed by atoms with Gasteiger partial charge >= 0.3 is 0 Å². The van der Waals surface area contributed by atoms with Gasteiger partial charge in [-0.25, -0.2) is 13.8 Å². The highest BCUT2D eigenvalue weighted by Crippen LogP contribution is 2.41. The van der Waals surface area contributed by atoms with Crippen molar-refractivity contribution in [2.75, 3.05) is 19.6 Å². The van der Waals surface area contributed by atoms with Gasteiger partial charge < -0.3 is 15.0 Å².